The quantitative estimate of drug-likeness (QED) is 0.173. The molecule has 19 rings (SSSR count). The second kappa shape index (κ2) is 14.7. The summed E-state index contributed by atoms with van der Waals surface area (Å²) < 4.78 is 32.3. The van der Waals surface area contributed by atoms with Crippen LogP contribution in [0, 0.1) is 0 Å². The third-order valence-electron chi connectivity index (χ3n) is 17.3. The van der Waals surface area contributed by atoms with E-state index in [4.69, 9.17) is 18.3 Å². The summed E-state index contributed by atoms with van der Waals surface area (Å²) in [6.07, 6.45) is 0. The first-order chi connectivity index (χ1) is 38.7. The number of rotatable bonds is 2. The van der Waals surface area contributed by atoms with Crippen molar-refractivity contribution in [3.63, 3.8) is 0 Å². The highest BCUT2D eigenvalue weighted by atomic mass is 32.1. The zero-order chi connectivity index (χ0) is 50.6. The van der Waals surface area contributed by atoms with Gasteiger partial charge in [-0.3, -0.25) is 0 Å². The van der Waals surface area contributed by atoms with Crippen LogP contribution in [-0.2, 0) is 10.8 Å². The van der Waals surface area contributed by atoms with Crippen molar-refractivity contribution in [1.82, 2.24) is 9.13 Å². The molecule has 10 aromatic carbocycles. The smallest absolute Gasteiger partial charge is 0.136 e. The summed E-state index contributed by atoms with van der Waals surface area (Å²) in [5.41, 5.74) is 13.2. The van der Waals surface area contributed by atoms with Gasteiger partial charge in [0.15, 0.2) is 0 Å². The van der Waals surface area contributed by atoms with E-state index in [1.54, 1.807) is 0 Å². The number of aromatic nitrogens is 2. The second-order valence-electron chi connectivity index (χ2n) is 20.9. The Labute approximate surface area is 452 Å². The highest BCUT2D eigenvalue weighted by Crippen LogP contribution is 2.70. The molecule has 0 fully saturated rings. The van der Waals surface area contributed by atoms with Gasteiger partial charge in [-0.15, -0.1) is 22.7 Å². The lowest BCUT2D eigenvalue weighted by atomic mass is 9.54. The van der Waals surface area contributed by atoms with Gasteiger partial charge in [0.2, 0.25) is 0 Å². The molecule has 0 bridgehead atoms. The van der Waals surface area contributed by atoms with Crippen LogP contribution in [0.15, 0.2) is 239 Å². The van der Waals surface area contributed by atoms with Crippen LogP contribution < -0.4 is 9.47 Å². The van der Waals surface area contributed by atoms with E-state index in [9.17, 15) is 0 Å². The lowest BCUT2D eigenvalue weighted by molar-refractivity contribution is 0.418. The number of benzene rings is 10. The summed E-state index contributed by atoms with van der Waals surface area (Å²) in [6.45, 7) is 0. The molecule has 0 amide bonds. The van der Waals surface area contributed by atoms with Crippen LogP contribution >= 0.6 is 22.7 Å². The van der Waals surface area contributed by atoms with E-state index in [1.165, 1.54) is 42.4 Å². The zero-order valence-electron chi connectivity index (χ0n) is 41.3. The van der Waals surface area contributed by atoms with Gasteiger partial charge in [-0.25, -0.2) is 0 Å². The molecule has 0 saturated carbocycles. The van der Waals surface area contributed by atoms with Crippen molar-refractivity contribution in [3.05, 3.63) is 274 Å². The molecule has 6 aromatic heterocycles. The largest absolute Gasteiger partial charge is 0.457 e. The van der Waals surface area contributed by atoms with E-state index in [-0.39, 0.29) is 0 Å². The van der Waals surface area contributed by atoms with Gasteiger partial charge in [-0.1, -0.05) is 146 Å². The number of ether oxygens (including phenoxy) is 2. The molecule has 0 N–H and O–H groups in total. The molecule has 8 heteroatoms. The molecule has 364 valence electrons. The maximum Gasteiger partial charge on any atom is 0.136 e. The van der Waals surface area contributed by atoms with E-state index in [1.807, 2.05) is 22.7 Å². The number of hydrogen-bond donors (Lipinski definition) is 0. The fourth-order valence-electron chi connectivity index (χ4n) is 14.4. The van der Waals surface area contributed by atoms with Gasteiger partial charge in [-0.05, 0) is 96.1 Å². The Morgan fingerprint density at radius 2 is 0.628 bits per heavy atom. The third-order valence-corrected chi connectivity index (χ3v) is 19.8. The van der Waals surface area contributed by atoms with Gasteiger partial charge in [0.25, 0.3) is 0 Å². The molecule has 2 spiro atoms. The molecule has 1 aliphatic carbocycles. The van der Waals surface area contributed by atoms with Gasteiger partial charge in [0.05, 0.1) is 32.9 Å². The van der Waals surface area contributed by atoms with Crippen LogP contribution in [0.2, 0.25) is 0 Å². The van der Waals surface area contributed by atoms with Gasteiger partial charge in [0, 0.05) is 75.1 Å². The fourth-order valence-corrected chi connectivity index (χ4v) is 17.4. The molecular weight excluding hydrogens is 997 g/mol. The van der Waals surface area contributed by atoms with Crippen LogP contribution in [0.1, 0.15) is 43.1 Å². The Balaban J connectivity index is 1.01. The SMILES string of the molecule is c1ccc2c(c1)Oc1ccccc1C21c2cc(-n3c4ccccc4c4c5c(ccc43)oc3ccccc35)sc2C2(c3ccccc3Oc3ccccc32)c2cc(-n3c4ccccc4c4c5c(ccc43)oc3ccccc35)sc21. The van der Waals surface area contributed by atoms with Crippen LogP contribution in [0.3, 0.4) is 0 Å². The van der Waals surface area contributed by atoms with Gasteiger partial charge in [0.1, 0.15) is 55.3 Å². The van der Waals surface area contributed by atoms with E-state index in [0.29, 0.717) is 0 Å². The summed E-state index contributed by atoms with van der Waals surface area (Å²) >= 11 is 3.79. The molecule has 0 radical (unpaired) electrons. The minimum atomic E-state index is -0.846. The Morgan fingerprint density at radius 3 is 1.04 bits per heavy atom. The number of fused-ring (bicyclic) bond motifs is 28. The van der Waals surface area contributed by atoms with Crippen LogP contribution in [0.25, 0.3) is 97.5 Å². The first-order valence-corrected chi connectivity index (χ1v) is 28.0. The lowest BCUT2D eigenvalue weighted by Gasteiger charge is -2.50. The molecule has 0 saturated heterocycles. The lowest BCUT2D eigenvalue weighted by Crippen LogP contribution is -2.45. The van der Waals surface area contributed by atoms with Crippen molar-refractivity contribution >= 4 is 110 Å². The molecule has 2 aliphatic heterocycles. The first-order valence-electron chi connectivity index (χ1n) is 26.4. The molecule has 8 heterocycles. The predicted molar refractivity (Wildman–Crippen MR) is 316 cm³/mol. The van der Waals surface area contributed by atoms with Crippen LogP contribution in [0.4, 0.5) is 0 Å². The van der Waals surface area contributed by atoms with Crippen molar-refractivity contribution in [2.75, 3.05) is 0 Å². The average Bonchev–Trinajstić information content (AvgIpc) is 3.58. The summed E-state index contributed by atoms with van der Waals surface area (Å²) in [4.78, 5) is 2.47. The molecule has 16 aromatic rings. The first kappa shape index (κ1) is 41.6. The highest BCUT2D eigenvalue weighted by Gasteiger charge is 2.61. The third kappa shape index (κ3) is 4.91. The standard InChI is InChI=1S/C70H38N2O4S2/c1-9-25-49-39(17-1)63-51(33-35-59-65(63)41-19-3-11-27-53(41)73-59)71(49)61-37-47-67(77-61)70(45-23-7-15-31-57(45)76-58-32-16-8-24-46(58)70)48-38-62(78-68(48)69(47)43-21-5-13-29-55(43)75-56-30-14-6-22-44(56)69)72-50-26-10-2-18-40(50)64-52(72)34-36-60-66(64)42-20-4-12-28-54(42)74-60/h1-38H. The van der Waals surface area contributed by atoms with Crippen molar-refractivity contribution in [2.45, 2.75) is 10.8 Å². The molecule has 78 heavy (non-hydrogen) atoms. The Morgan fingerprint density at radius 1 is 0.282 bits per heavy atom. The second-order valence-corrected chi connectivity index (χ2v) is 23.0. The minimum Gasteiger partial charge on any atom is -0.457 e. The number of hydrogen-bond acceptors (Lipinski definition) is 6. The van der Waals surface area contributed by atoms with Crippen molar-refractivity contribution in [1.29, 1.82) is 0 Å². The van der Waals surface area contributed by atoms with Crippen LogP contribution in [-0.4, -0.2) is 9.13 Å². The summed E-state index contributed by atoms with van der Waals surface area (Å²) in [7, 11) is 0. The molecule has 6 nitrogen and oxygen atoms in total. The molecule has 0 atom stereocenters. The Hall–Kier alpha value is -9.60. The Kier molecular flexibility index (Phi) is 7.82. The van der Waals surface area contributed by atoms with E-state index >= 15 is 0 Å². The molecule has 3 aliphatic rings. The summed E-state index contributed by atoms with van der Waals surface area (Å²) in [6, 6.07) is 83.5. The number of para-hydroxylation sites is 8. The summed E-state index contributed by atoms with van der Waals surface area (Å²) in [5, 5.41) is 11.5. The van der Waals surface area contributed by atoms with Crippen molar-refractivity contribution in [3.8, 4) is 33.0 Å². The van der Waals surface area contributed by atoms with E-state index < -0.39 is 10.8 Å². The average molecular weight is 1040 g/mol. The summed E-state index contributed by atoms with van der Waals surface area (Å²) in [5.74, 6) is 3.38. The van der Waals surface area contributed by atoms with E-state index in [0.717, 1.165) is 121 Å². The normalized spacial score (nSPS) is 14.6. The van der Waals surface area contributed by atoms with E-state index in [2.05, 4.69) is 240 Å². The Bertz CT molecular complexity index is 4860. The van der Waals surface area contributed by atoms with Crippen molar-refractivity contribution < 1.29 is 18.3 Å². The molecule has 0 unspecified atom stereocenters. The predicted octanol–water partition coefficient (Wildman–Crippen LogP) is 19.1. The zero-order valence-corrected chi connectivity index (χ0v) is 42.9. The minimum absolute atomic E-state index is 0.844. The van der Waals surface area contributed by atoms with Gasteiger partial charge in [-0.2, -0.15) is 0 Å². The monoisotopic (exact) mass is 1030 g/mol. The fraction of sp³-hybridized carbons (Fsp3) is 0.0286. The van der Waals surface area contributed by atoms with Crippen molar-refractivity contribution in [2.24, 2.45) is 0 Å². The maximum atomic E-state index is 7.07. The van der Waals surface area contributed by atoms with Gasteiger partial charge < -0.3 is 27.4 Å². The highest BCUT2D eigenvalue weighted by molar-refractivity contribution is 7.16. The van der Waals surface area contributed by atoms with Crippen LogP contribution in [0.5, 0.6) is 23.0 Å². The number of thiophene rings is 2. The molecular formula is C70H38N2O4S2. The van der Waals surface area contributed by atoms with Gasteiger partial charge >= 0.3 is 0 Å². The maximum absolute atomic E-state index is 7.07. The number of furan rings is 2. The number of nitrogens with zero attached hydrogens (tertiary/aromatic N) is 2. The topological polar surface area (TPSA) is 54.6 Å².